The van der Waals surface area contributed by atoms with E-state index in [1.165, 1.54) is 83.5 Å². The summed E-state index contributed by atoms with van der Waals surface area (Å²) in [5.74, 6) is 0. The molecule has 0 unspecified atom stereocenters. The number of hydrogen-bond acceptors (Lipinski definition) is 3. The molecule has 4 nitrogen and oxygen atoms in total. The number of hydrogen-bond donors (Lipinski definition) is 3. The lowest BCUT2D eigenvalue weighted by atomic mass is 10.1. The fraction of sp³-hybridized carbons (Fsp3) is 0.917. The number of nitrogens with zero attached hydrogens (tertiary/aromatic N) is 1. The van der Waals surface area contributed by atoms with E-state index in [1.807, 2.05) is 0 Å². The molecule has 3 N–H and O–H groups in total. The second-order valence-corrected chi connectivity index (χ2v) is 8.34. The van der Waals surface area contributed by atoms with E-state index < -0.39 is 0 Å². The first-order chi connectivity index (χ1) is 13.7. The zero-order chi connectivity index (χ0) is 20.8. The Kier molecular flexibility index (Phi) is 21.0. The molecule has 0 aromatic rings. The van der Waals surface area contributed by atoms with Crippen molar-refractivity contribution in [3.63, 3.8) is 0 Å². The van der Waals surface area contributed by atoms with Crippen LogP contribution in [0.2, 0.25) is 0 Å². The summed E-state index contributed by atoms with van der Waals surface area (Å²) >= 11 is 0. The third-order valence-corrected chi connectivity index (χ3v) is 5.87. The number of rotatable bonds is 22. The topological polar surface area (TPSA) is 60.7 Å². The van der Waals surface area contributed by atoms with Gasteiger partial charge in [0.2, 0.25) is 0 Å². The van der Waals surface area contributed by atoms with Crippen LogP contribution in [0.3, 0.4) is 0 Å². The molecule has 0 aromatic carbocycles. The van der Waals surface area contributed by atoms with Gasteiger partial charge in [-0.25, -0.2) is 0 Å². The molecule has 0 fully saturated rings. The molecular formula is C24H50NO3+. The summed E-state index contributed by atoms with van der Waals surface area (Å²) < 4.78 is 0.646. The van der Waals surface area contributed by atoms with Gasteiger partial charge in [0.05, 0.1) is 26.4 Å². The Bertz CT molecular complexity index is 317. The third kappa shape index (κ3) is 16.5. The average Bonchev–Trinajstić information content (AvgIpc) is 2.68. The summed E-state index contributed by atoms with van der Waals surface area (Å²) in [5, 5.41) is 27.9. The van der Waals surface area contributed by atoms with E-state index >= 15 is 0 Å². The van der Waals surface area contributed by atoms with E-state index in [4.69, 9.17) is 0 Å². The lowest BCUT2D eigenvalue weighted by Gasteiger charge is -2.37. The smallest absolute Gasteiger partial charge is 0.102 e. The summed E-state index contributed by atoms with van der Waals surface area (Å²) in [6.07, 6.45) is 23.0. The van der Waals surface area contributed by atoms with Gasteiger partial charge in [-0.15, -0.1) is 0 Å². The summed E-state index contributed by atoms with van der Waals surface area (Å²) in [6.45, 7) is 5.46. The van der Waals surface area contributed by atoms with Gasteiger partial charge < -0.3 is 19.8 Å². The molecule has 0 heterocycles. The number of unbranched alkanes of at least 4 members (excludes halogenated alkanes) is 12. The van der Waals surface area contributed by atoms with Crippen LogP contribution in [0.1, 0.15) is 96.8 Å². The predicted octanol–water partition coefficient (Wildman–Crippen LogP) is 4.82. The molecule has 0 aliphatic heterocycles. The molecule has 0 atom stereocenters. The van der Waals surface area contributed by atoms with Gasteiger partial charge in [-0.3, -0.25) is 0 Å². The van der Waals surface area contributed by atoms with Gasteiger partial charge in [0.25, 0.3) is 0 Å². The minimum absolute atomic E-state index is 0.117. The van der Waals surface area contributed by atoms with Gasteiger partial charge in [0, 0.05) is 0 Å². The average molecular weight is 401 g/mol. The van der Waals surface area contributed by atoms with Crippen LogP contribution < -0.4 is 0 Å². The molecule has 0 amide bonds. The largest absolute Gasteiger partial charge is 0.391 e. The van der Waals surface area contributed by atoms with E-state index in [1.54, 1.807) is 0 Å². The maximum Gasteiger partial charge on any atom is 0.102 e. The van der Waals surface area contributed by atoms with Crippen LogP contribution in [0.15, 0.2) is 12.2 Å². The van der Waals surface area contributed by atoms with E-state index in [-0.39, 0.29) is 19.8 Å². The first-order valence-corrected chi connectivity index (χ1v) is 12.1. The van der Waals surface area contributed by atoms with Crippen molar-refractivity contribution < 1.29 is 19.8 Å². The van der Waals surface area contributed by atoms with Crippen molar-refractivity contribution in [1.29, 1.82) is 0 Å². The van der Waals surface area contributed by atoms with Crippen LogP contribution in [0.4, 0.5) is 0 Å². The highest BCUT2D eigenvalue weighted by Gasteiger charge is 2.25. The van der Waals surface area contributed by atoms with Crippen LogP contribution in [-0.4, -0.2) is 65.8 Å². The number of quaternary nitrogens is 1. The van der Waals surface area contributed by atoms with E-state index in [2.05, 4.69) is 19.1 Å². The molecule has 0 aliphatic rings. The van der Waals surface area contributed by atoms with Gasteiger partial charge in [-0.05, 0) is 38.5 Å². The van der Waals surface area contributed by atoms with Gasteiger partial charge in [0.1, 0.15) is 19.6 Å². The molecule has 28 heavy (non-hydrogen) atoms. The Morgan fingerprint density at radius 3 is 1.32 bits per heavy atom. The molecule has 0 saturated carbocycles. The van der Waals surface area contributed by atoms with Crippen molar-refractivity contribution in [3.8, 4) is 0 Å². The van der Waals surface area contributed by atoms with Crippen LogP contribution >= 0.6 is 0 Å². The highest BCUT2D eigenvalue weighted by atomic mass is 16.3. The van der Waals surface area contributed by atoms with E-state index in [0.717, 1.165) is 13.0 Å². The highest BCUT2D eigenvalue weighted by molar-refractivity contribution is 4.81. The Hall–Kier alpha value is -0.420. The first-order valence-electron chi connectivity index (χ1n) is 12.1. The van der Waals surface area contributed by atoms with E-state index in [0.29, 0.717) is 24.1 Å². The summed E-state index contributed by atoms with van der Waals surface area (Å²) in [5.41, 5.74) is 0. The van der Waals surface area contributed by atoms with Gasteiger partial charge in [0.15, 0.2) is 0 Å². The van der Waals surface area contributed by atoms with Crippen molar-refractivity contribution in [1.82, 2.24) is 0 Å². The van der Waals surface area contributed by atoms with Crippen molar-refractivity contribution >= 4 is 0 Å². The van der Waals surface area contributed by atoms with E-state index in [9.17, 15) is 15.3 Å². The van der Waals surface area contributed by atoms with Gasteiger partial charge >= 0.3 is 0 Å². The second kappa shape index (κ2) is 21.3. The van der Waals surface area contributed by atoms with Crippen molar-refractivity contribution in [3.05, 3.63) is 12.2 Å². The molecule has 4 heteroatoms. The normalized spacial score (nSPS) is 12.3. The number of allylic oxidation sites excluding steroid dienone is 2. The van der Waals surface area contributed by atoms with Crippen molar-refractivity contribution in [2.45, 2.75) is 96.8 Å². The Morgan fingerprint density at radius 1 is 0.500 bits per heavy atom. The number of aliphatic hydroxyl groups excluding tert-OH is 3. The molecular weight excluding hydrogens is 350 g/mol. The Morgan fingerprint density at radius 2 is 0.893 bits per heavy atom. The van der Waals surface area contributed by atoms with Crippen molar-refractivity contribution in [2.75, 3.05) is 46.0 Å². The molecule has 0 aliphatic carbocycles. The van der Waals surface area contributed by atoms with Gasteiger partial charge in [-0.2, -0.15) is 0 Å². The molecule has 0 rings (SSSR count). The quantitative estimate of drug-likeness (QED) is 0.139. The van der Waals surface area contributed by atoms with Crippen LogP contribution in [0.25, 0.3) is 0 Å². The highest BCUT2D eigenvalue weighted by Crippen LogP contribution is 2.13. The van der Waals surface area contributed by atoms with Crippen LogP contribution in [-0.2, 0) is 0 Å². The standard InChI is InChI=1S/C24H50NO3/c1-2-3-4-5-6-7-8-9-10-11-12-13-14-15-16-17-18-25(19-22-26,20-23-27)21-24-28/h9-10,26-28H,2-8,11-24H2,1H3/q+1/b10-9-. The Balaban J connectivity index is 3.56. The van der Waals surface area contributed by atoms with Crippen LogP contribution in [0, 0.1) is 0 Å². The maximum absolute atomic E-state index is 9.31. The molecule has 168 valence electrons. The monoisotopic (exact) mass is 400 g/mol. The SMILES string of the molecule is CCCCCCCC/C=C\CCCCCCCC[N+](CCO)(CCO)CCO. The summed E-state index contributed by atoms with van der Waals surface area (Å²) in [4.78, 5) is 0. The molecule has 0 spiro atoms. The van der Waals surface area contributed by atoms with Gasteiger partial charge in [-0.1, -0.05) is 70.4 Å². The minimum Gasteiger partial charge on any atom is -0.391 e. The lowest BCUT2D eigenvalue weighted by molar-refractivity contribution is -0.929. The number of aliphatic hydroxyl groups is 3. The first kappa shape index (κ1) is 27.6. The second-order valence-electron chi connectivity index (χ2n) is 8.34. The fourth-order valence-electron chi connectivity index (χ4n) is 4.00. The molecule has 0 radical (unpaired) electrons. The fourth-order valence-corrected chi connectivity index (χ4v) is 4.00. The zero-order valence-corrected chi connectivity index (χ0v) is 18.8. The zero-order valence-electron chi connectivity index (χ0n) is 18.8. The maximum atomic E-state index is 9.31. The van der Waals surface area contributed by atoms with Crippen LogP contribution in [0.5, 0.6) is 0 Å². The molecule has 0 bridgehead atoms. The third-order valence-electron chi connectivity index (χ3n) is 5.87. The Labute approximate surface area is 175 Å². The van der Waals surface area contributed by atoms with Crippen molar-refractivity contribution in [2.24, 2.45) is 0 Å². The summed E-state index contributed by atoms with van der Waals surface area (Å²) in [7, 11) is 0. The predicted molar refractivity (Wildman–Crippen MR) is 120 cm³/mol. The molecule has 0 aromatic heterocycles. The summed E-state index contributed by atoms with van der Waals surface area (Å²) in [6, 6.07) is 0. The minimum atomic E-state index is 0.117. The molecule has 0 saturated heterocycles. The lowest BCUT2D eigenvalue weighted by Crippen LogP contribution is -2.53.